The Bertz CT molecular complexity index is 1450. The Morgan fingerprint density at radius 3 is 2.58 bits per heavy atom. The van der Waals surface area contributed by atoms with Crippen molar-refractivity contribution in [3.63, 3.8) is 0 Å². The highest BCUT2D eigenvalue weighted by Crippen LogP contribution is 2.19. The molecule has 0 fully saturated rings. The number of anilines is 1. The second-order valence-corrected chi connectivity index (χ2v) is 8.02. The SMILES string of the molecule is Cc1ccc(-n2c(=O)c3sccc3n(CC(=O)Nc3cc(F)ccc3F)c2=O)c(C)c1. The van der Waals surface area contributed by atoms with Crippen molar-refractivity contribution in [1.29, 1.82) is 0 Å². The molecule has 0 aliphatic rings. The van der Waals surface area contributed by atoms with Crippen LogP contribution in [-0.2, 0) is 11.3 Å². The van der Waals surface area contributed by atoms with Crippen LogP contribution in [0.25, 0.3) is 15.9 Å². The lowest BCUT2D eigenvalue weighted by Gasteiger charge is -2.14. The number of hydrogen-bond acceptors (Lipinski definition) is 4. The third-order valence-electron chi connectivity index (χ3n) is 4.85. The van der Waals surface area contributed by atoms with Gasteiger partial charge in [-0.3, -0.25) is 14.2 Å². The second kappa shape index (κ2) is 7.92. The van der Waals surface area contributed by atoms with Gasteiger partial charge in [-0.05, 0) is 49.1 Å². The predicted molar refractivity (Wildman–Crippen MR) is 116 cm³/mol. The second-order valence-electron chi connectivity index (χ2n) is 7.11. The Balaban J connectivity index is 1.82. The van der Waals surface area contributed by atoms with Gasteiger partial charge in [0.25, 0.3) is 5.56 Å². The largest absolute Gasteiger partial charge is 0.336 e. The van der Waals surface area contributed by atoms with Crippen molar-refractivity contribution < 1.29 is 13.6 Å². The Kier molecular flexibility index (Phi) is 5.28. The van der Waals surface area contributed by atoms with Gasteiger partial charge in [-0.2, -0.15) is 0 Å². The first-order valence-corrected chi connectivity index (χ1v) is 10.2. The van der Waals surface area contributed by atoms with E-state index in [1.54, 1.807) is 30.5 Å². The average molecular weight is 441 g/mol. The van der Waals surface area contributed by atoms with Gasteiger partial charge in [0.2, 0.25) is 5.91 Å². The molecule has 6 nitrogen and oxygen atoms in total. The van der Waals surface area contributed by atoms with E-state index in [1.165, 1.54) is 0 Å². The molecule has 0 saturated heterocycles. The van der Waals surface area contributed by atoms with Gasteiger partial charge in [0.1, 0.15) is 22.9 Å². The molecule has 0 aliphatic heterocycles. The summed E-state index contributed by atoms with van der Waals surface area (Å²) in [7, 11) is 0. The maximum Gasteiger partial charge on any atom is 0.336 e. The van der Waals surface area contributed by atoms with Gasteiger partial charge in [0.15, 0.2) is 0 Å². The van der Waals surface area contributed by atoms with E-state index in [0.29, 0.717) is 15.9 Å². The van der Waals surface area contributed by atoms with E-state index in [9.17, 15) is 23.2 Å². The quantitative estimate of drug-likeness (QED) is 0.524. The molecule has 2 aromatic heterocycles. The lowest BCUT2D eigenvalue weighted by Crippen LogP contribution is -2.40. The summed E-state index contributed by atoms with van der Waals surface area (Å²) in [4.78, 5) is 38.9. The van der Waals surface area contributed by atoms with E-state index in [2.05, 4.69) is 5.32 Å². The molecule has 4 rings (SSSR count). The van der Waals surface area contributed by atoms with Crippen LogP contribution >= 0.6 is 11.3 Å². The summed E-state index contributed by atoms with van der Waals surface area (Å²) in [6.45, 7) is 3.21. The van der Waals surface area contributed by atoms with Crippen LogP contribution in [0.15, 0.2) is 57.4 Å². The maximum absolute atomic E-state index is 13.9. The molecule has 1 N–H and O–H groups in total. The number of carbonyl (C=O) groups excluding carboxylic acids is 1. The summed E-state index contributed by atoms with van der Waals surface area (Å²) in [5, 5.41) is 3.93. The van der Waals surface area contributed by atoms with Crippen molar-refractivity contribution >= 4 is 33.1 Å². The fourth-order valence-corrected chi connectivity index (χ4v) is 4.26. The van der Waals surface area contributed by atoms with Crippen LogP contribution in [0.4, 0.5) is 14.5 Å². The van der Waals surface area contributed by atoms with Crippen molar-refractivity contribution in [2.45, 2.75) is 20.4 Å². The summed E-state index contributed by atoms with van der Waals surface area (Å²) in [5.41, 5.74) is 0.920. The number of aryl methyl sites for hydroxylation is 2. The first-order valence-electron chi connectivity index (χ1n) is 9.32. The number of halogens is 2. The van der Waals surface area contributed by atoms with E-state index in [1.807, 2.05) is 13.0 Å². The first kappa shape index (κ1) is 20.7. The number of carbonyl (C=O) groups is 1. The monoisotopic (exact) mass is 441 g/mol. The summed E-state index contributed by atoms with van der Waals surface area (Å²) < 4.78 is 29.8. The van der Waals surface area contributed by atoms with Gasteiger partial charge in [-0.1, -0.05) is 17.7 Å². The minimum Gasteiger partial charge on any atom is -0.322 e. The third-order valence-corrected chi connectivity index (χ3v) is 5.74. The molecule has 0 saturated carbocycles. The molecular formula is C22H17F2N3O3S. The molecule has 0 spiro atoms. The zero-order valence-electron chi connectivity index (χ0n) is 16.6. The highest BCUT2D eigenvalue weighted by molar-refractivity contribution is 7.17. The highest BCUT2D eigenvalue weighted by atomic mass is 32.1. The fraction of sp³-hybridized carbons (Fsp3) is 0.136. The number of aromatic nitrogens is 2. The number of nitrogens with one attached hydrogen (secondary N) is 1. The Hall–Kier alpha value is -3.59. The van der Waals surface area contributed by atoms with E-state index in [4.69, 9.17) is 0 Å². The highest BCUT2D eigenvalue weighted by Gasteiger charge is 2.19. The molecule has 2 aromatic carbocycles. The van der Waals surface area contributed by atoms with Gasteiger partial charge in [-0.15, -0.1) is 11.3 Å². The smallest absolute Gasteiger partial charge is 0.322 e. The van der Waals surface area contributed by atoms with E-state index >= 15 is 0 Å². The molecule has 158 valence electrons. The maximum atomic E-state index is 13.9. The number of rotatable bonds is 4. The van der Waals surface area contributed by atoms with Crippen LogP contribution in [0.5, 0.6) is 0 Å². The Labute approximate surface area is 179 Å². The average Bonchev–Trinajstić information content (AvgIpc) is 3.20. The molecule has 0 radical (unpaired) electrons. The zero-order chi connectivity index (χ0) is 22.3. The lowest BCUT2D eigenvalue weighted by atomic mass is 10.1. The molecule has 9 heteroatoms. The molecule has 2 heterocycles. The number of fused-ring (bicyclic) bond motifs is 1. The number of thiophene rings is 1. The van der Waals surface area contributed by atoms with E-state index < -0.39 is 35.3 Å². The molecule has 0 bridgehead atoms. The van der Waals surface area contributed by atoms with Gasteiger partial charge < -0.3 is 5.32 Å². The topological polar surface area (TPSA) is 73.1 Å². The van der Waals surface area contributed by atoms with Crippen LogP contribution < -0.4 is 16.6 Å². The number of amides is 1. The van der Waals surface area contributed by atoms with Crippen molar-refractivity contribution in [3.8, 4) is 5.69 Å². The Morgan fingerprint density at radius 2 is 1.84 bits per heavy atom. The van der Waals surface area contributed by atoms with Crippen LogP contribution in [-0.4, -0.2) is 15.0 Å². The van der Waals surface area contributed by atoms with Crippen molar-refractivity contribution in [3.05, 3.63) is 91.4 Å². The molecule has 31 heavy (non-hydrogen) atoms. The number of benzene rings is 2. The number of hydrogen-bond donors (Lipinski definition) is 1. The van der Waals surface area contributed by atoms with Gasteiger partial charge in [0, 0.05) is 6.07 Å². The summed E-state index contributed by atoms with van der Waals surface area (Å²) in [6, 6.07) is 9.58. The van der Waals surface area contributed by atoms with E-state index in [-0.39, 0.29) is 5.69 Å². The van der Waals surface area contributed by atoms with Crippen LogP contribution in [0.1, 0.15) is 11.1 Å². The minimum atomic E-state index is -0.803. The van der Waals surface area contributed by atoms with Crippen LogP contribution in [0.2, 0.25) is 0 Å². The van der Waals surface area contributed by atoms with Gasteiger partial charge in [-0.25, -0.2) is 18.1 Å². The van der Waals surface area contributed by atoms with Crippen LogP contribution in [0, 0.1) is 25.5 Å². The van der Waals surface area contributed by atoms with Crippen molar-refractivity contribution in [2.24, 2.45) is 0 Å². The summed E-state index contributed by atoms with van der Waals surface area (Å²) >= 11 is 1.16. The zero-order valence-corrected chi connectivity index (χ0v) is 17.4. The number of nitrogens with zero attached hydrogens (tertiary/aromatic N) is 2. The van der Waals surface area contributed by atoms with Crippen molar-refractivity contribution in [2.75, 3.05) is 5.32 Å². The van der Waals surface area contributed by atoms with Gasteiger partial charge in [0.05, 0.1) is 16.9 Å². The lowest BCUT2D eigenvalue weighted by molar-refractivity contribution is -0.116. The van der Waals surface area contributed by atoms with E-state index in [0.717, 1.165) is 49.8 Å². The minimum absolute atomic E-state index is 0.302. The normalized spacial score (nSPS) is 11.1. The molecule has 0 aliphatic carbocycles. The molecule has 4 aromatic rings. The predicted octanol–water partition coefficient (Wildman–Crippen LogP) is 3.75. The standard InChI is InChI=1S/C22H17F2N3O3S/c1-12-3-6-17(13(2)9-12)27-21(29)20-18(7-8-31-20)26(22(27)30)11-19(28)25-16-10-14(23)4-5-15(16)24/h3-10H,11H2,1-2H3,(H,25,28). The molecule has 0 unspecified atom stereocenters. The fourth-order valence-electron chi connectivity index (χ4n) is 3.44. The summed E-state index contributed by atoms with van der Waals surface area (Å²) in [5.74, 6) is -2.24. The molecular weight excluding hydrogens is 424 g/mol. The van der Waals surface area contributed by atoms with Crippen LogP contribution in [0.3, 0.4) is 0 Å². The first-order chi connectivity index (χ1) is 14.8. The Morgan fingerprint density at radius 1 is 1.06 bits per heavy atom. The molecule has 0 atom stereocenters. The van der Waals surface area contributed by atoms with Crippen molar-refractivity contribution in [1.82, 2.24) is 9.13 Å². The summed E-state index contributed by atoms with van der Waals surface area (Å²) in [6.07, 6.45) is 0. The van der Waals surface area contributed by atoms with Gasteiger partial charge >= 0.3 is 5.69 Å². The molecule has 1 amide bonds. The third kappa shape index (κ3) is 3.79.